The SMILES string of the molecule is O=C(O)Cc1cccc(OCCCCCO)c1. The standard InChI is InChI=1S/C13H18O4/c14-7-2-1-3-8-17-12-6-4-5-11(9-12)10-13(15)16/h4-6,9,14H,1-3,7-8,10H2,(H,15,16). The maximum atomic E-state index is 10.5. The molecule has 0 amide bonds. The van der Waals surface area contributed by atoms with Gasteiger partial charge in [-0.2, -0.15) is 0 Å². The molecule has 0 radical (unpaired) electrons. The number of aliphatic hydroxyl groups excluding tert-OH is 1. The lowest BCUT2D eigenvalue weighted by atomic mass is 10.1. The number of hydrogen-bond donors (Lipinski definition) is 2. The van der Waals surface area contributed by atoms with E-state index in [1.165, 1.54) is 0 Å². The molecule has 0 spiro atoms. The number of benzene rings is 1. The second-order valence-electron chi connectivity index (χ2n) is 3.85. The van der Waals surface area contributed by atoms with Gasteiger partial charge in [0.15, 0.2) is 0 Å². The van der Waals surface area contributed by atoms with Gasteiger partial charge in [0.05, 0.1) is 13.0 Å². The Balaban J connectivity index is 2.35. The molecule has 2 N–H and O–H groups in total. The molecule has 0 aliphatic carbocycles. The third kappa shape index (κ3) is 5.92. The Labute approximate surface area is 101 Å². The highest BCUT2D eigenvalue weighted by atomic mass is 16.5. The molecule has 0 aromatic heterocycles. The van der Waals surface area contributed by atoms with Gasteiger partial charge in [0.2, 0.25) is 0 Å². The van der Waals surface area contributed by atoms with E-state index in [1.54, 1.807) is 18.2 Å². The van der Waals surface area contributed by atoms with Crippen LogP contribution in [0.1, 0.15) is 24.8 Å². The Kier molecular flexibility index (Phi) is 6.10. The lowest BCUT2D eigenvalue weighted by molar-refractivity contribution is -0.136. The Morgan fingerprint density at radius 3 is 2.76 bits per heavy atom. The van der Waals surface area contributed by atoms with Crippen LogP contribution in [0, 0.1) is 0 Å². The van der Waals surface area contributed by atoms with E-state index in [-0.39, 0.29) is 13.0 Å². The summed E-state index contributed by atoms with van der Waals surface area (Å²) in [7, 11) is 0. The predicted octanol–water partition coefficient (Wildman–Crippen LogP) is 1.86. The van der Waals surface area contributed by atoms with E-state index < -0.39 is 5.97 Å². The van der Waals surface area contributed by atoms with Crippen molar-refractivity contribution < 1.29 is 19.7 Å². The predicted molar refractivity (Wildman–Crippen MR) is 64.2 cm³/mol. The third-order valence-corrected chi connectivity index (χ3v) is 2.32. The van der Waals surface area contributed by atoms with Crippen LogP contribution in [-0.2, 0) is 11.2 Å². The van der Waals surface area contributed by atoms with Gasteiger partial charge in [0.1, 0.15) is 5.75 Å². The molecule has 0 aliphatic heterocycles. The summed E-state index contributed by atoms with van der Waals surface area (Å²) in [5, 5.41) is 17.3. The molecule has 0 atom stereocenters. The van der Waals surface area contributed by atoms with Crippen LogP contribution >= 0.6 is 0 Å². The fourth-order valence-electron chi connectivity index (χ4n) is 1.50. The van der Waals surface area contributed by atoms with Gasteiger partial charge in [-0.1, -0.05) is 12.1 Å². The van der Waals surface area contributed by atoms with Gasteiger partial charge < -0.3 is 14.9 Å². The molecule has 0 heterocycles. The highest BCUT2D eigenvalue weighted by Crippen LogP contribution is 2.14. The first-order valence-electron chi connectivity index (χ1n) is 5.77. The fourth-order valence-corrected chi connectivity index (χ4v) is 1.50. The van der Waals surface area contributed by atoms with Crippen molar-refractivity contribution in [1.82, 2.24) is 0 Å². The first-order valence-corrected chi connectivity index (χ1v) is 5.77. The quantitative estimate of drug-likeness (QED) is 0.678. The van der Waals surface area contributed by atoms with Crippen LogP contribution in [0.5, 0.6) is 5.75 Å². The summed E-state index contributed by atoms with van der Waals surface area (Å²) in [5.74, 6) is -0.141. The largest absolute Gasteiger partial charge is 0.494 e. The van der Waals surface area contributed by atoms with E-state index in [1.807, 2.05) is 6.07 Å². The zero-order valence-corrected chi connectivity index (χ0v) is 9.76. The summed E-state index contributed by atoms with van der Waals surface area (Å²) in [6, 6.07) is 7.13. The average Bonchev–Trinajstić information content (AvgIpc) is 2.28. The van der Waals surface area contributed by atoms with Crippen LogP contribution in [0.25, 0.3) is 0 Å². The zero-order chi connectivity index (χ0) is 12.5. The molecule has 4 heteroatoms. The number of hydrogen-bond acceptors (Lipinski definition) is 3. The van der Waals surface area contributed by atoms with Gasteiger partial charge in [-0.25, -0.2) is 0 Å². The molecule has 94 valence electrons. The second kappa shape index (κ2) is 7.68. The Bertz CT molecular complexity index is 349. The summed E-state index contributed by atoms with van der Waals surface area (Å²) in [4.78, 5) is 10.5. The van der Waals surface area contributed by atoms with Gasteiger partial charge in [0.25, 0.3) is 0 Å². The maximum Gasteiger partial charge on any atom is 0.307 e. The van der Waals surface area contributed by atoms with E-state index in [0.29, 0.717) is 12.4 Å². The van der Waals surface area contributed by atoms with E-state index in [0.717, 1.165) is 24.8 Å². The molecule has 0 saturated heterocycles. The maximum absolute atomic E-state index is 10.5. The van der Waals surface area contributed by atoms with Gasteiger partial charge >= 0.3 is 5.97 Å². The van der Waals surface area contributed by atoms with Crippen LogP contribution < -0.4 is 4.74 Å². The van der Waals surface area contributed by atoms with Crippen molar-refractivity contribution in [3.05, 3.63) is 29.8 Å². The van der Waals surface area contributed by atoms with Crippen molar-refractivity contribution in [2.45, 2.75) is 25.7 Å². The van der Waals surface area contributed by atoms with Gasteiger partial charge in [-0.05, 0) is 37.0 Å². The minimum absolute atomic E-state index is 0.0156. The van der Waals surface area contributed by atoms with Crippen LogP contribution in [0.2, 0.25) is 0 Å². The van der Waals surface area contributed by atoms with Crippen molar-refractivity contribution in [2.24, 2.45) is 0 Å². The van der Waals surface area contributed by atoms with E-state index >= 15 is 0 Å². The van der Waals surface area contributed by atoms with E-state index in [9.17, 15) is 4.79 Å². The monoisotopic (exact) mass is 238 g/mol. The summed E-state index contributed by atoms with van der Waals surface area (Å²) in [6.07, 6.45) is 2.64. The number of aliphatic hydroxyl groups is 1. The Morgan fingerprint density at radius 1 is 1.24 bits per heavy atom. The first kappa shape index (κ1) is 13.5. The zero-order valence-electron chi connectivity index (χ0n) is 9.76. The molecule has 0 fully saturated rings. The molecule has 0 aliphatic rings. The smallest absolute Gasteiger partial charge is 0.307 e. The van der Waals surface area contributed by atoms with Crippen LogP contribution in [0.3, 0.4) is 0 Å². The molecular formula is C13H18O4. The lowest BCUT2D eigenvalue weighted by Crippen LogP contribution is -2.01. The lowest BCUT2D eigenvalue weighted by Gasteiger charge is -2.07. The molecule has 0 saturated carbocycles. The summed E-state index contributed by atoms with van der Waals surface area (Å²) >= 11 is 0. The molecule has 1 aromatic rings. The molecule has 4 nitrogen and oxygen atoms in total. The number of rotatable bonds is 8. The average molecular weight is 238 g/mol. The van der Waals surface area contributed by atoms with E-state index in [2.05, 4.69) is 0 Å². The van der Waals surface area contributed by atoms with Crippen molar-refractivity contribution in [2.75, 3.05) is 13.2 Å². The number of aliphatic carboxylic acids is 1. The van der Waals surface area contributed by atoms with Crippen molar-refractivity contribution in [3.63, 3.8) is 0 Å². The van der Waals surface area contributed by atoms with Crippen LogP contribution in [0.15, 0.2) is 24.3 Å². The van der Waals surface area contributed by atoms with Crippen molar-refractivity contribution >= 4 is 5.97 Å². The summed E-state index contributed by atoms with van der Waals surface area (Å²) in [6.45, 7) is 0.810. The highest BCUT2D eigenvalue weighted by Gasteiger charge is 2.01. The van der Waals surface area contributed by atoms with Crippen molar-refractivity contribution in [3.8, 4) is 5.75 Å². The summed E-state index contributed by atoms with van der Waals surface area (Å²) < 4.78 is 5.50. The number of carboxylic acids is 1. The number of unbranched alkanes of at least 4 members (excludes halogenated alkanes) is 2. The molecular weight excluding hydrogens is 220 g/mol. The minimum atomic E-state index is -0.843. The van der Waals surface area contributed by atoms with E-state index in [4.69, 9.17) is 14.9 Å². The second-order valence-corrected chi connectivity index (χ2v) is 3.85. The van der Waals surface area contributed by atoms with Gasteiger partial charge in [0, 0.05) is 6.61 Å². The van der Waals surface area contributed by atoms with Gasteiger partial charge in [-0.3, -0.25) is 4.79 Å². The Morgan fingerprint density at radius 2 is 2.06 bits per heavy atom. The molecule has 1 aromatic carbocycles. The topological polar surface area (TPSA) is 66.8 Å². The first-order chi connectivity index (χ1) is 8.22. The number of ether oxygens (including phenoxy) is 1. The normalized spacial score (nSPS) is 10.2. The van der Waals surface area contributed by atoms with Gasteiger partial charge in [-0.15, -0.1) is 0 Å². The fraction of sp³-hybridized carbons (Fsp3) is 0.462. The molecule has 1 rings (SSSR count). The number of carboxylic acid groups (broad SMARTS) is 1. The minimum Gasteiger partial charge on any atom is -0.494 e. The van der Waals surface area contributed by atoms with Crippen LogP contribution in [0.4, 0.5) is 0 Å². The Hall–Kier alpha value is -1.55. The number of carbonyl (C=O) groups is 1. The molecule has 17 heavy (non-hydrogen) atoms. The van der Waals surface area contributed by atoms with Crippen molar-refractivity contribution in [1.29, 1.82) is 0 Å². The third-order valence-electron chi connectivity index (χ3n) is 2.32. The van der Waals surface area contributed by atoms with Crippen LogP contribution in [-0.4, -0.2) is 29.4 Å². The molecule has 0 bridgehead atoms. The summed E-state index contributed by atoms with van der Waals surface area (Å²) in [5.41, 5.74) is 0.741. The highest BCUT2D eigenvalue weighted by molar-refractivity contribution is 5.70. The molecule has 0 unspecified atom stereocenters.